The fourth-order valence-corrected chi connectivity index (χ4v) is 3.11. The van der Waals surface area contributed by atoms with Crippen LogP contribution in [-0.2, 0) is 9.59 Å². The maximum Gasteiger partial charge on any atom is 0.256 e. The first-order chi connectivity index (χ1) is 10.7. The second-order valence-electron chi connectivity index (χ2n) is 4.42. The van der Waals surface area contributed by atoms with Crippen LogP contribution in [0.2, 0.25) is 0 Å². The summed E-state index contributed by atoms with van der Waals surface area (Å²) in [6.45, 7) is 1.10. The Morgan fingerprint density at radius 3 is 2.09 bits per heavy atom. The summed E-state index contributed by atoms with van der Waals surface area (Å²) in [4.78, 5) is 23.5. The van der Waals surface area contributed by atoms with Crippen LogP contribution < -0.4 is 10.2 Å². The molecule has 1 saturated heterocycles. The zero-order valence-corrected chi connectivity index (χ0v) is 12.9. The van der Waals surface area contributed by atoms with Gasteiger partial charge in [0.15, 0.2) is 23.3 Å². The van der Waals surface area contributed by atoms with Crippen LogP contribution in [0.5, 0.6) is 0 Å². The van der Waals surface area contributed by atoms with Gasteiger partial charge in [-0.15, -0.1) is 0 Å². The third-order valence-corrected chi connectivity index (χ3v) is 4.33. The summed E-state index contributed by atoms with van der Waals surface area (Å²) in [5.41, 5.74) is -1.46. The number of rotatable bonds is 2. The van der Waals surface area contributed by atoms with Gasteiger partial charge in [-0.05, 0) is 0 Å². The smallest absolute Gasteiger partial charge is 0.256 e. The average Bonchev–Trinajstić information content (AvgIpc) is 2.49. The van der Waals surface area contributed by atoms with Crippen molar-refractivity contribution in [2.24, 2.45) is 0 Å². The standard InChI is InChI=1S/C12H7F5N2O2S2/c1-3(20)18-4-2-23-12(22)19(11(4)21)10-8(16)6(14)5(13)7(15)9(10)17/h4H,2H2,1H3,(H,18,20). The molecule has 1 atom stereocenters. The van der Waals surface area contributed by atoms with E-state index < -0.39 is 52.6 Å². The highest BCUT2D eigenvalue weighted by molar-refractivity contribution is 8.23. The Kier molecular flexibility index (Phi) is 4.90. The summed E-state index contributed by atoms with van der Waals surface area (Å²) < 4.78 is 67.0. The van der Waals surface area contributed by atoms with Crippen molar-refractivity contribution in [2.75, 3.05) is 10.7 Å². The van der Waals surface area contributed by atoms with Crippen LogP contribution in [0.25, 0.3) is 0 Å². The first-order valence-electron chi connectivity index (χ1n) is 5.96. The number of thiocarbonyl (C=S) groups is 1. The van der Waals surface area contributed by atoms with E-state index in [1.807, 2.05) is 0 Å². The molecule has 11 heteroatoms. The number of nitrogens with one attached hydrogen (secondary N) is 1. The molecule has 1 aliphatic rings. The first kappa shape index (κ1) is 17.6. The third kappa shape index (κ3) is 3.02. The van der Waals surface area contributed by atoms with Gasteiger partial charge in [-0.2, -0.15) is 0 Å². The minimum Gasteiger partial charge on any atom is -0.344 e. The maximum absolute atomic E-state index is 13.9. The SMILES string of the molecule is CC(=O)NC1CSC(=S)N(c2c(F)c(F)c(F)c(F)c2F)C1=O. The van der Waals surface area contributed by atoms with Gasteiger partial charge in [0, 0.05) is 12.7 Å². The molecule has 1 aromatic carbocycles. The van der Waals surface area contributed by atoms with Gasteiger partial charge in [-0.3, -0.25) is 14.5 Å². The van der Waals surface area contributed by atoms with E-state index in [1.54, 1.807) is 0 Å². The zero-order valence-electron chi connectivity index (χ0n) is 11.3. The first-order valence-corrected chi connectivity index (χ1v) is 7.35. The number of nitrogens with zero attached hydrogens (tertiary/aromatic N) is 1. The van der Waals surface area contributed by atoms with Crippen molar-refractivity contribution in [3.8, 4) is 0 Å². The van der Waals surface area contributed by atoms with Crippen molar-refractivity contribution in [1.82, 2.24) is 5.32 Å². The largest absolute Gasteiger partial charge is 0.344 e. The zero-order chi connectivity index (χ0) is 17.5. The van der Waals surface area contributed by atoms with E-state index in [-0.39, 0.29) is 15.0 Å². The molecule has 0 aromatic heterocycles. The summed E-state index contributed by atoms with van der Waals surface area (Å²) in [5, 5.41) is 2.21. The van der Waals surface area contributed by atoms with Gasteiger partial charge < -0.3 is 5.32 Å². The molecule has 2 amide bonds. The Hall–Kier alpha value is -1.75. The summed E-state index contributed by atoms with van der Waals surface area (Å²) in [6.07, 6.45) is 0. The number of halogens is 5. The maximum atomic E-state index is 13.9. The number of benzene rings is 1. The number of carbonyl (C=O) groups is 2. The fraction of sp³-hybridized carbons (Fsp3) is 0.250. The van der Waals surface area contributed by atoms with E-state index in [0.29, 0.717) is 0 Å². The Morgan fingerprint density at radius 1 is 1.13 bits per heavy atom. The van der Waals surface area contributed by atoms with E-state index in [0.717, 1.165) is 18.7 Å². The average molecular weight is 370 g/mol. The van der Waals surface area contributed by atoms with Gasteiger partial charge in [0.2, 0.25) is 11.7 Å². The molecular formula is C12H7F5N2O2S2. The van der Waals surface area contributed by atoms with Crippen molar-refractivity contribution >= 4 is 45.8 Å². The lowest BCUT2D eigenvalue weighted by atomic mass is 10.2. The normalized spacial score (nSPS) is 18.3. The lowest BCUT2D eigenvalue weighted by Gasteiger charge is -2.32. The van der Waals surface area contributed by atoms with Crippen LogP contribution in [-0.4, -0.2) is 27.9 Å². The van der Waals surface area contributed by atoms with Crippen molar-refractivity contribution in [3.05, 3.63) is 29.1 Å². The Bertz CT molecular complexity index is 699. The number of hydrogen-bond donors (Lipinski definition) is 1. The Balaban J connectivity index is 2.57. The van der Waals surface area contributed by atoms with E-state index in [9.17, 15) is 31.5 Å². The highest BCUT2D eigenvalue weighted by atomic mass is 32.2. The minimum atomic E-state index is -2.34. The Morgan fingerprint density at radius 2 is 1.61 bits per heavy atom. The number of hydrogen-bond acceptors (Lipinski definition) is 4. The molecule has 4 nitrogen and oxygen atoms in total. The fourth-order valence-electron chi connectivity index (χ4n) is 1.88. The minimum absolute atomic E-state index is 0.0247. The predicted molar refractivity (Wildman–Crippen MR) is 76.4 cm³/mol. The molecule has 1 aromatic rings. The van der Waals surface area contributed by atoms with Crippen molar-refractivity contribution < 1.29 is 31.5 Å². The van der Waals surface area contributed by atoms with Crippen LogP contribution >= 0.6 is 24.0 Å². The third-order valence-electron chi connectivity index (χ3n) is 2.86. The van der Waals surface area contributed by atoms with E-state index >= 15 is 0 Å². The quantitative estimate of drug-likeness (QED) is 0.376. The van der Waals surface area contributed by atoms with Gasteiger partial charge >= 0.3 is 0 Å². The van der Waals surface area contributed by atoms with Gasteiger partial charge in [-0.25, -0.2) is 22.0 Å². The van der Waals surface area contributed by atoms with E-state index in [4.69, 9.17) is 12.2 Å². The molecule has 0 aliphatic carbocycles. The van der Waals surface area contributed by atoms with Crippen molar-refractivity contribution in [3.63, 3.8) is 0 Å². The highest BCUT2D eigenvalue weighted by Gasteiger charge is 2.40. The molecule has 124 valence electrons. The molecular weight excluding hydrogens is 363 g/mol. The summed E-state index contributed by atoms with van der Waals surface area (Å²) in [6, 6.07) is -1.21. The van der Waals surface area contributed by atoms with Gasteiger partial charge in [0.05, 0.1) is 0 Å². The molecule has 1 aliphatic heterocycles. The van der Waals surface area contributed by atoms with Gasteiger partial charge in [0.25, 0.3) is 5.91 Å². The molecule has 1 fully saturated rings. The monoisotopic (exact) mass is 370 g/mol. The van der Waals surface area contributed by atoms with Gasteiger partial charge in [-0.1, -0.05) is 24.0 Å². The second kappa shape index (κ2) is 6.40. The van der Waals surface area contributed by atoms with Crippen LogP contribution in [0.4, 0.5) is 27.6 Å². The topological polar surface area (TPSA) is 49.4 Å². The number of carbonyl (C=O) groups excluding carboxylic acids is 2. The second-order valence-corrected chi connectivity index (χ2v) is 6.08. The van der Waals surface area contributed by atoms with Crippen LogP contribution in [0, 0.1) is 29.1 Å². The summed E-state index contributed by atoms with van der Waals surface area (Å²) >= 11 is 5.53. The number of anilines is 1. The lowest BCUT2D eigenvalue weighted by Crippen LogP contribution is -2.55. The Labute approximate surface area is 136 Å². The molecule has 0 radical (unpaired) electrons. The van der Waals surface area contributed by atoms with Gasteiger partial charge in [0.1, 0.15) is 16.0 Å². The number of amides is 2. The summed E-state index contributed by atoms with van der Waals surface area (Å²) in [7, 11) is 0. The molecule has 1 N–H and O–H groups in total. The van der Waals surface area contributed by atoms with Crippen LogP contribution in [0.1, 0.15) is 6.92 Å². The van der Waals surface area contributed by atoms with E-state index in [1.165, 1.54) is 0 Å². The molecule has 0 saturated carbocycles. The van der Waals surface area contributed by atoms with Crippen molar-refractivity contribution in [1.29, 1.82) is 0 Å². The lowest BCUT2D eigenvalue weighted by molar-refractivity contribution is -0.125. The molecule has 2 rings (SSSR count). The van der Waals surface area contributed by atoms with Crippen molar-refractivity contribution in [2.45, 2.75) is 13.0 Å². The van der Waals surface area contributed by atoms with E-state index in [2.05, 4.69) is 5.32 Å². The molecule has 0 spiro atoms. The highest BCUT2D eigenvalue weighted by Crippen LogP contribution is 2.34. The van der Waals surface area contributed by atoms with Crippen LogP contribution in [0.3, 0.4) is 0 Å². The molecule has 1 heterocycles. The molecule has 1 unspecified atom stereocenters. The number of thioether (sulfide) groups is 1. The molecule has 0 bridgehead atoms. The predicted octanol–water partition coefficient (Wildman–Crippen LogP) is 2.25. The molecule has 23 heavy (non-hydrogen) atoms. The summed E-state index contributed by atoms with van der Waals surface area (Å²) in [5.74, 6) is -12.8. The van der Waals surface area contributed by atoms with Crippen LogP contribution in [0.15, 0.2) is 0 Å².